The van der Waals surface area contributed by atoms with Gasteiger partial charge in [0.25, 0.3) is 5.91 Å². The zero-order valence-corrected chi connectivity index (χ0v) is 11.7. The van der Waals surface area contributed by atoms with Crippen LogP contribution in [-0.2, 0) is 4.79 Å². The number of hydrogen-bond acceptors (Lipinski definition) is 4. The van der Waals surface area contributed by atoms with Gasteiger partial charge in [-0.3, -0.25) is 9.59 Å². The molecule has 0 aromatic carbocycles. The molecule has 2 unspecified atom stereocenters. The van der Waals surface area contributed by atoms with Crippen molar-refractivity contribution in [3.63, 3.8) is 0 Å². The highest BCUT2D eigenvalue weighted by Gasteiger charge is 2.32. The van der Waals surface area contributed by atoms with Crippen LogP contribution in [0.2, 0.25) is 0 Å². The van der Waals surface area contributed by atoms with Crippen LogP contribution in [0.5, 0.6) is 0 Å². The molecular formula is C13H19N3O2S. The first-order chi connectivity index (χ1) is 9.11. The quantitative estimate of drug-likeness (QED) is 0.718. The van der Waals surface area contributed by atoms with Crippen molar-refractivity contribution in [1.82, 2.24) is 10.6 Å². The Morgan fingerprint density at radius 2 is 2.21 bits per heavy atom. The summed E-state index contributed by atoms with van der Waals surface area (Å²) in [5, 5.41) is 7.42. The molecule has 2 amide bonds. The van der Waals surface area contributed by atoms with E-state index in [9.17, 15) is 9.59 Å². The van der Waals surface area contributed by atoms with E-state index < -0.39 is 6.04 Å². The molecule has 1 aromatic heterocycles. The number of nitrogens with two attached hydrogens (primary N) is 1. The van der Waals surface area contributed by atoms with Crippen LogP contribution >= 0.6 is 11.3 Å². The monoisotopic (exact) mass is 281 g/mol. The van der Waals surface area contributed by atoms with Crippen LogP contribution in [0, 0.1) is 5.92 Å². The average Bonchev–Trinajstić information content (AvgIpc) is 3.08. The third-order valence-electron chi connectivity index (χ3n) is 3.26. The van der Waals surface area contributed by atoms with Crippen LogP contribution < -0.4 is 16.4 Å². The molecule has 2 atom stereocenters. The van der Waals surface area contributed by atoms with Crippen molar-refractivity contribution in [2.45, 2.75) is 31.8 Å². The van der Waals surface area contributed by atoms with Crippen LogP contribution in [0.3, 0.4) is 0 Å². The summed E-state index contributed by atoms with van der Waals surface area (Å²) in [5.74, 6) is 0.120. The second kappa shape index (κ2) is 6.16. The van der Waals surface area contributed by atoms with E-state index in [1.165, 1.54) is 11.3 Å². The minimum Gasteiger partial charge on any atom is -0.350 e. The molecule has 0 bridgehead atoms. The number of carbonyl (C=O) groups excluding carboxylic acids is 2. The summed E-state index contributed by atoms with van der Waals surface area (Å²) in [6.45, 7) is 2.13. The van der Waals surface area contributed by atoms with Crippen molar-refractivity contribution in [3.05, 3.63) is 22.4 Å². The fourth-order valence-electron chi connectivity index (χ4n) is 1.92. The summed E-state index contributed by atoms with van der Waals surface area (Å²) >= 11 is 1.35. The zero-order valence-electron chi connectivity index (χ0n) is 10.9. The van der Waals surface area contributed by atoms with E-state index in [1.54, 1.807) is 13.0 Å². The molecular weight excluding hydrogens is 262 g/mol. The number of hydrogen-bond donors (Lipinski definition) is 3. The lowest BCUT2D eigenvalue weighted by Crippen LogP contribution is -2.50. The van der Waals surface area contributed by atoms with Crippen molar-refractivity contribution >= 4 is 23.2 Å². The van der Waals surface area contributed by atoms with Gasteiger partial charge in [0.15, 0.2) is 0 Å². The molecule has 0 radical (unpaired) electrons. The number of thiophene rings is 1. The fourth-order valence-corrected chi connectivity index (χ4v) is 2.54. The fraction of sp³-hybridized carbons (Fsp3) is 0.538. The molecule has 19 heavy (non-hydrogen) atoms. The molecule has 1 fully saturated rings. The third-order valence-corrected chi connectivity index (χ3v) is 4.13. The number of nitrogens with one attached hydrogen (secondary N) is 2. The molecule has 1 aliphatic rings. The van der Waals surface area contributed by atoms with Crippen LogP contribution in [0.15, 0.2) is 17.5 Å². The topological polar surface area (TPSA) is 84.2 Å². The zero-order chi connectivity index (χ0) is 13.8. The van der Waals surface area contributed by atoms with Gasteiger partial charge >= 0.3 is 0 Å². The highest BCUT2D eigenvalue weighted by Crippen LogP contribution is 2.32. The van der Waals surface area contributed by atoms with Crippen LogP contribution in [0.4, 0.5) is 0 Å². The SMILES string of the molecule is CC(NC(=O)c1cccs1)C(=O)NC(CN)C1CC1. The lowest BCUT2D eigenvalue weighted by Gasteiger charge is -2.19. The van der Waals surface area contributed by atoms with Gasteiger partial charge in [0.2, 0.25) is 5.91 Å². The molecule has 5 nitrogen and oxygen atoms in total. The third kappa shape index (κ3) is 3.78. The largest absolute Gasteiger partial charge is 0.350 e. The molecule has 1 aromatic rings. The summed E-state index contributed by atoms with van der Waals surface area (Å²) in [7, 11) is 0. The maximum absolute atomic E-state index is 12.0. The lowest BCUT2D eigenvalue weighted by molar-refractivity contribution is -0.123. The Morgan fingerprint density at radius 3 is 2.74 bits per heavy atom. The Morgan fingerprint density at radius 1 is 1.47 bits per heavy atom. The molecule has 1 heterocycles. The number of rotatable bonds is 6. The summed E-state index contributed by atoms with van der Waals surface area (Å²) in [5.41, 5.74) is 5.64. The molecule has 0 saturated heterocycles. The second-order valence-electron chi connectivity index (χ2n) is 4.86. The van der Waals surface area contributed by atoms with Gasteiger partial charge in [-0.2, -0.15) is 0 Å². The van der Waals surface area contributed by atoms with E-state index in [2.05, 4.69) is 10.6 Å². The van der Waals surface area contributed by atoms with E-state index in [1.807, 2.05) is 11.4 Å². The number of amides is 2. The van der Waals surface area contributed by atoms with Crippen molar-refractivity contribution in [3.8, 4) is 0 Å². The van der Waals surface area contributed by atoms with Crippen molar-refractivity contribution in [2.75, 3.05) is 6.54 Å². The molecule has 1 saturated carbocycles. The summed E-state index contributed by atoms with van der Waals surface area (Å²) < 4.78 is 0. The Bertz CT molecular complexity index is 443. The Hall–Kier alpha value is -1.40. The molecule has 2 rings (SSSR count). The van der Waals surface area contributed by atoms with Gasteiger partial charge in [0.05, 0.1) is 4.88 Å². The standard InChI is InChI=1S/C13H19N3O2S/c1-8(15-13(18)11-3-2-6-19-11)12(17)16-10(7-14)9-4-5-9/h2-3,6,8-10H,4-5,7,14H2,1H3,(H,15,18)(H,16,17). The van der Waals surface area contributed by atoms with E-state index in [-0.39, 0.29) is 17.9 Å². The highest BCUT2D eigenvalue weighted by atomic mass is 32.1. The predicted octanol–water partition coefficient (Wildman–Crippen LogP) is 0.720. The van der Waals surface area contributed by atoms with Crippen LogP contribution in [0.25, 0.3) is 0 Å². The van der Waals surface area contributed by atoms with Gasteiger partial charge in [0, 0.05) is 12.6 Å². The highest BCUT2D eigenvalue weighted by molar-refractivity contribution is 7.12. The second-order valence-corrected chi connectivity index (χ2v) is 5.81. The normalized spacial score (nSPS) is 17.6. The summed E-state index contributed by atoms with van der Waals surface area (Å²) in [4.78, 5) is 24.4. The molecule has 0 spiro atoms. The van der Waals surface area contributed by atoms with Crippen molar-refractivity contribution < 1.29 is 9.59 Å². The molecule has 0 aliphatic heterocycles. The maximum atomic E-state index is 12.0. The lowest BCUT2D eigenvalue weighted by atomic mass is 10.1. The minimum absolute atomic E-state index is 0.0357. The van der Waals surface area contributed by atoms with Gasteiger partial charge < -0.3 is 16.4 Å². The van der Waals surface area contributed by atoms with Crippen molar-refractivity contribution in [1.29, 1.82) is 0 Å². The molecule has 104 valence electrons. The van der Waals surface area contributed by atoms with Crippen LogP contribution in [-0.4, -0.2) is 30.4 Å². The van der Waals surface area contributed by atoms with E-state index in [0.29, 0.717) is 17.3 Å². The van der Waals surface area contributed by atoms with Crippen LogP contribution in [0.1, 0.15) is 29.4 Å². The Balaban J connectivity index is 1.83. The van der Waals surface area contributed by atoms with Gasteiger partial charge in [-0.1, -0.05) is 6.07 Å². The van der Waals surface area contributed by atoms with E-state index >= 15 is 0 Å². The van der Waals surface area contributed by atoms with Gasteiger partial charge in [-0.05, 0) is 37.1 Å². The summed E-state index contributed by atoms with van der Waals surface area (Å²) in [6.07, 6.45) is 2.25. The minimum atomic E-state index is -0.553. The smallest absolute Gasteiger partial charge is 0.261 e. The summed E-state index contributed by atoms with van der Waals surface area (Å²) in [6, 6.07) is 3.02. The number of carbonyl (C=O) groups is 2. The maximum Gasteiger partial charge on any atom is 0.261 e. The van der Waals surface area contributed by atoms with Gasteiger partial charge in [0.1, 0.15) is 6.04 Å². The Labute approximate surface area is 116 Å². The Kier molecular flexibility index (Phi) is 4.55. The van der Waals surface area contributed by atoms with E-state index in [4.69, 9.17) is 5.73 Å². The first-order valence-electron chi connectivity index (χ1n) is 6.46. The molecule has 6 heteroatoms. The molecule has 4 N–H and O–H groups in total. The van der Waals surface area contributed by atoms with E-state index in [0.717, 1.165) is 12.8 Å². The van der Waals surface area contributed by atoms with Gasteiger partial charge in [-0.25, -0.2) is 0 Å². The average molecular weight is 281 g/mol. The first-order valence-corrected chi connectivity index (χ1v) is 7.34. The van der Waals surface area contributed by atoms with Gasteiger partial charge in [-0.15, -0.1) is 11.3 Å². The predicted molar refractivity (Wildman–Crippen MR) is 75.0 cm³/mol. The first kappa shape index (κ1) is 14.0. The molecule has 1 aliphatic carbocycles. The van der Waals surface area contributed by atoms with Crippen molar-refractivity contribution in [2.24, 2.45) is 11.7 Å².